The fraction of sp³-hybridized carbons (Fsp3) is 0.375. The first-order valence-electron chi connectivity index (χ1n) is 3.80. The van der Waals surface area contributed by atoms with E-state index < -0.39 is 6.43 Å². The number of rotatable bonds is 2. The van der Waals surface area contributed by atoms with Gasteiger partial charge in [0.1, 0.15) is 5.82 Å². The number of nitrogens with zero attached hydrogens (tertiary/aromatic N) is 1. The van der Waals surface area contributed by atoms with Crippen LogP contribution in [0.4, 0.5) is 14.6 Å². The molecule has 0 aliphatic rings. The minimum Gasteiger partial charge on any atom is -0.384 e. The van der Waals surface area contributed by atoms with Crippen molar-refractivity contribution in [2.45, 2.75) is 19.9 Å². The van der Waals surface area contributed by atoms with Gasteiger partial charge in [-0.2, -0.15) is 0 Å². The Balaban J connectivity index is 3.27. The van der Waals surface area contributed by atoms with Crippen LogP contribution in [0.15, 0.2) is 6.07 Å². The van der Waals surface area contributed by atoms with E-state index in [1.165, 1.54) is 6.07 Å². The fourth-order valence-electron chi connectivity index (χ4n) is 1.13. The van der Waals surface area contributed by atoms with Crippen molar-refractivity contribution in [2.24, 2.45) is 5.73 Å². The van der Waals surface area contributed by atoms with Gasteiger partial charge in [0.2, 0.25) is 0 Å². The molecule has 13 heavy (non-hydrogen) atoms. The van der Waals surface area contributed by atoms with Gasteiger partial charge >= 0.3 is 0 Å². The molecule has 4 N–H and O–H groups in total. The first kappa shape index (κ1) is 9.85. The number of aromatic nitrogens is 1. The molecule has 0 saturated carbocycles. The highest BCUT2D eigenvalue weighted by Gasteiger charge is 2.14. The predicted molar refractivity (Wildman–Crippen MR) is 46.2 cm³/mol. The minimum absolute atomic E-state index is 0.0846. The SMILES string of the molecule is Cc1c(C(F)F)cc(N)nc1CN. The molecule has 1 heterocycles. The molecule has 0 saturated heterocycles. The molecular formula is C8H11F2N3. The van der Waals surface area contributed by atoms with Crippen LogP contribution in [0.1, 0.15) is 23.2 Å². The second-order valence-electron chi connectivity index (χ2n) is 2.71. The van der Waals surface area contributed by atoms with Crippen LogP contribution < -0.4 is 11.5 Å². The minimum atomic E-state index is -2.53. The average molecular weight is 187 g/mol. The fourth-order valence-corrected chi connectivity index (χ4v) is 1.13. The molecule has 1 aromatic rings. The molecular weight excluding hydrogens is 176 g/mol. The number of anilines is 1. The topological polar surface area (TPSA) is 64.9 Å². The summed E-state index contributed by atoms with van der Waals surface area (Å²) < 4.78 is 24.8. The van der Waals surface area contributed by atoms with Crippen LogP contribution in [0.25, 0.3) is 0 Å². The molecule has 0 amide bonds. The number of nitrogen functional groups attached to an aromatic ring is 1. The normalized spacial score (nSPS) is 10.8. The van der Waals surface area contributed by atoms with Crippen LogP contribution in [0, 0.1) is 6.92 Å². The summed E-state index contributed by atoms with van der Waals surface area (Å²) in [6, 6.07) is 1.18. The molecule has 0 aliphatic heterocycles. The standard InChI is InChI=1S/C8H11F2N3/c1-4-5(8(9)10)2-7(12)13-6(4)3-11/h2,8H,3,11H2,1H3,(H2,12,13). The molecule has 0 aromatic carbocycles. The Bertz CT molecular complexity index is 313. The van der Waals surface area contributed by atoms with Crippen LogP contribution in [0.5, 0.6) is 0 Å². The number of pyridine rings is 1. The Morgan fingerprint density at radius 1 is 1.54 bits per heavy atom. The van der Waals surface area contributed by atoms with Crippen LogP contribution in [0.3, 0.4) is 0 Å². The lowest BCUT2D eigenvalue weighted by molar-refractivity contribution is 0.150. The van der Waals surface area contributed by atoms with Crippen molar-refractivity contribution in [2.75, 3.05) is 5.73 Å². The van der Waals surface area contributed by atoms with Gasteiger partial charge in [-0.25, -0.2) is 13.8 Å². The molecule has 5 heteroatoms. The van der Waals surface area contributed by atoms with Crippen LogP contribution in [-0.4, -0.2) is 4.98 Å². The van der Waals surface area contributed by atoms with E-state index in [9.17, 15) is 8.78 Å². The van der Waals surface area contributed by atoms with E-state index in [0.717, 1.165) is 0 Å². The van der Waals surface area contributed by atoms with Crippen molar-refractivity contribution in [3.05, 3.63) is 22.9 Å². The molecule has 0 atom stereocenters. The largest absolute Gasteiger partial charge is 0.384 e. The van der Waals surface area contributed by atoms with E-state index in [2.05, 4.69) is 4.98 Å². The summed E-state index contributed by atoms with van der Waals surface area (Å²) in [5.74, 6) is 0.0846. The van der Waals surface area contributed by atoms with E-state index in [-0.39, 0.29) is 17.9 Å². The highest BCUT2D eigenvalue weighted by molar-refractivity contribution is 5.41. The molecule has 0 fully saturated rings. The third-order valence-corrected chi connectivity index (χ3v) is 1.86. The van der Waals surface area contributed by atoms with E-state index in [1.54, 1.807) is 6.92 Å². The van der Waals surface area contributed by atoms with E-state index in [4.69, 9.17) is 11.5 Å². The van der Waals surface area contributed by atoms with Crippen molar-refractivity contribution in [1.29, 1.82) is 0 Å². The van der Waals surface area contributed by atoms with Gasteiger partial charge in [0, 0.05) is 12.1 Å². The Morgan fingerprint density at radius 3 is 2.62 bits per heavy atom. The number of nitrogens with two attached hydrogens (primary N) is 2. The molecule has 0 unspecified atom stereocenters. The second-order valence-corrected chi connectivity index (χ2v) is 2.71. The van der Waals surface area contributed by atoms with Gasteiger partial charge in [0.15, 0.2) is 0 Å². The average Bonchev–Trinajstić information content (AvgIpc) is 2.08. The maximum Gasteiger partial charge on any atom is 0.264 e. The maximum absolute atomic E-state index is 12.4. The van der Waals surface area contributed by atoms with E-state index in [1.807, 2.05) is 0 Å². The summed E-state index contributed by atoms with van der Waals surface area (Å²) in [5, 5.41) is 0. The summed E-state index contributed by atoms with van der Waals surface area (Å²) in [5.41, 5.74) is 11.4. The first-order chi connectivity index (χ1) is 6.06. The number of hydrogen-bond donors (Lipinski definition) is 2. The highest BCUT2D eigenvalue weighted by atomic mass is 19.3. The van der Waals surface area contributed by atoms with Crippen LogP contribution in [0.2, 0.25) is 0 Å². The molecule has 1 aromatic heterocycles. The monoisotopic (exact) mass is 187 g/mol. The lowest BCUT2D eigenvalue weighted by Gasteiger charge is -2.09. The zero-order valence-electron chi connectivity index (χ0n) is 7.22. The molecule has 3 nitrogen and oxygen atoms in total. The zero-order chi connectivity index (χ0) is 10.0. The summed E-state index contributed by atoms with van der Waals surface area (Å²) in [7, 11) is 0. The number of alkyl halides is 2. The smallest absolute Gasteiger partial charge is 0.264 e. The molecule has 0 aliphatic carbocycles. The van der Waals surface area contributed by atoms with Crippen molar-refractivity contribution in [3.8, 4) is 0 Å². The summed E-state index contributed by atoms with van der Waals surface area (Å²) in [6.07, 6.45) is -2.53. The van der Waals surface area contributed by atoms with E-state index in [0.29, 0.717) is 11.3 Å². The van der Waals surface area contributed by atoms with Gasteiger partial charge in [-0.1, -0.05) is 0 Å². The van der Waals surface area contributed by atoms with Gasteiger partial charge in [-0.15, -0.1) is 0 Å². The number of hydrogen-bond acceptors (Lipinski definition) is 3. The van der Waals surface area contributed by atoms with Crippen molar-refractivity contribution < 1.29 is 8.78 Å². The molecule has 0 radical (unpaired) electrons. The van der Waals surface area contributed by atoms with Crippen LogP contribution in [-0.2, 0) is 6.54 Å². The Kier molecular flexibility index (Phi) is 2.77. The van der Waals surface area contributed by atoms with Gasteiger partial charge in [-0.3, -0.25) is 0 Å². The summed E-state index contributed by atoms with van der Waals surface area (Å²) in [4.78, 5) is 3.85. The zero-order valence-corrected chi connectivity index (χ0v) is 7.22. The van der Waals surface area contributed by atoms with E-state index >= 15 is 0 Å². The lowest BCUT2D eigenvalue weighted by Crippen LogP contribution is -2.07. The highest BCUT2D eigenvalue weighted by Crippen LogP contribution is 2.25. The Morgan fingerprint density at radius 2 is 2.15 bits per heavy atom. The summed E-state index contributed by atoms with van der Waals surface area (Å²) >= 11 is 0. The van der Waals surface area contributed by atoms with Gasteiger partial charge < -0.3 is 11.5 Å². The van der Waals surface area contributed by atoms with Gasteiger partial charge in [-0.05, 0) is 18.6 Å². The molecule has 0 bridgehead atoms. The third kappa shape index (κ3) is 1.92. The molecule has 0 spiro atoms. The quantitative estimate of drug-likeness (QED) is 0.734. The lowest BCUT2D eigenvalue weighted by atomic mass is 10.1. The Hall–Kier alpha value is -1.23. The first-order valence-corrected chi connectivity index (χ1v) is 3.80. The van der Waals surface area contributed by atoms with Crippen molar-refractivity contribution >= 4 is 5.82 Å². The molecule has 1 rings (SSSR count). The third-order valence-electron chi connectivity index (χ3n) is 1.86. The second kappa shape index (κ2) is 3.66. The van der Waals surface area contributed by atoms with Gasteiger partial charge in [0.25, 0.3) is 6.43 Å². The van der Waals surface area contributed by atoms with Crippen molar-refractivity contribution in [1.82, 2.24) is 4.98 Å². The Labute approximate surface area is 74.8 Å². The van der Waals surface area contributed by atoms with Crippen LogP contribution >= 0.6 is 0 Å². The molecule has 72 valence electrons. The maximum atomic E-state index is 12.4. The number of halogens is 2. The van der Waals surface area contributed by atoms with Gasteiger partial charge in [0.05, 0.1) is 5.69 Å². The summed E-state index contributed by atoms with van der Waals surface area (Å²) in [6.45, 7) is 1.69. The van der Waals surface area contributed by atoms with Crippen molar-refractivity contribution in [3.63, 3.8) is 0 Å². The predicted octanol–water partition coefficient (Wildman–Crippen LogP) is 1.37.